The lowest BCUT2D eigenvalue weighted by molar-refractivity contribution is 0.0952. The van der Waals surface area contributed by atoms with Gasteiger partial charge in [0.2, 0.25) is 5.78 Å². The fourth-order valence-corrected chi connectivity index (χ4v) is 4.79. The Hall–Kier alpha value is -3.09. The van der Waals surface area contributed by atoms with Crippen LogP contribution in [0.4, 0.5) is 0 Å². The van der Waals surface area contributed by atoms with Crippen molar-refractivity contribution >= 4 is 27.8 Å². The van der Waals surface area contributed by atoms with E-state index in [9.17, 15) is 4.79 Å². The Morgan fingerprint density at radius 3 is 2.79 bits per heavy atom. The second-order valence-electron chi connectivity index (χ2n) is 8.25. The van der Waals surface area contributed by atoms with E-state index in [0.29, 0.717) is 23.8 Å². The van der Waals surface area contributed by atoms with Crippen LogP contribution >= 0.6 is 15.9 Å². The number of halogens is 1. The number of hydrogen-bond donors (Lipinski definition) is 0. The minimum Gasteiger partial charge on any atom is -0.496 e. The zero-order valence-corrected chi connectivity index (χ0v) is 20.1. The molecule has 5 nitrogen and oxygen atoms in total. The Bertz CT molecular complexity index is 1270. The maximum atomic E-state index is 13.1. The van der Waals surface area contributed by atoms with Crippen LogP contribution in [0.3, 0.4) is 0 Å². The van der Waals surface area contributed by atoms with Crippen molar-refractivity contribution in [1.29, 1.82) is 0 Å². The van der Waals surface area contributed by atoms with Crippen LogP contribution in [0.2, 0.25) is 0 Å². The number of carbonyl (C=O) groups excluding carboxylic acids is 1. The molecule has 0 aliphatic carbocycles. The predicted octanol–water partition coefficient (Wildman–Crippen LogP) is 5.78. The molecule has 168 valence electrons. The smallest absolute Gasteiger partial charge is 0.231 e. The van der Waals surface area contributed by atoms with E-state index in [1.165, 1.54) is 5.56 Å². The van der Waals surface area contributed by atoms with Crippen LogP contribution in [-0.4, -0.2) is 31.1 Å². The van der Waals surface area contributed by atoms with Crippen LogP contribution in [0.1, 0.15) is 32.6 Å². The number of Topliss-reactive ketones (excluding diaryl/α,β-unsaturated/α-hetero) is 1. The standard InChI is InChI=1S/C27H24BrNO4/c1-17-26-20(15-29(16-32-26)11-10-19-7-3-4-9-23(19)31-2)14-22-25(30)24(33-27(17)22)13-18-6-5-8-21(28)12-18/h3-9,12-14H,10-11,15-16H2,1-2H3/b24-13-. The van der Waals surface area contributed by atoms with Gasteiger partial charge in [0.05, 0.1) is 12.7 Å². The van der Waals surface area contributed by atoms with Crippen LogP contribution in [0, 0.1) is 6.92 Å². The first-order valence-electron chi connectivity index (χ1n) is 10.9. The molecule has 0 fully saturated rings. The van der Waals surface area contributed by atoms with E-state index >= 15 is 0 Å². The highest BCUT2D eigenvalue weighted by atomic mass is 79.9. The van der Waals surface area contributed by atoms with Gasteiger partial charge in [-0.05, 0) is 54.8 Å². The van der Waals surface area contributed by atoms with Crippen LogP contribution in [0.15, 0.2) is 64.8 Å². The van der Waals surface area contributed by atoms with Gasteiger partial charge < -0.3 is 14.2 Å². The molecule has 0 saturated carbocycles. The van der Waals surface area contributed by atoms with Gasteiger partial charge in [0, 0.05) is 28.7 Å². The molecule has 2 aliphatic rings. The highest BCUT2D eigenvalue weighted by molar-refractivity contribution is 9.10. The molecule has 0 aromatic heterocycles. The summed E-state index contributed by atoms with van der Waals surface area (Å²) in [6, 6.07) is 17.8. The van der Waals surface area contributed by atoms with Gasteiger partial charge in [0.15, 0.2) is 5.76 Å². The van der Waals surface area contributed by atoms with Crippen LogP contribution in [0.25, 0.3) is 6.08 Å². The maximum Gasteiger partial charge on any atom is 0.231 e. The highest BCUT2D eigenvalue weighted by Crippen LogP contribution is 2.43. The van der Waals surface area contributed by atoms with Crippen LogP contribution in [-0.2, 0) is 13.0 Å². The van der Waals surface area contributed by atoms with E-state index in [0.717, 1.165) is 52.2 Å². The zero-order chi connectivity index (χ0) is 22.9. The number of benzene rings is 3. The van der Waals surface area contributed by atoms with Crippen molar-refractivity contribution in [2.24, 2.45) is 0 Å². The second kappa shape index (κ2) is 9.04. The van der Waals surface area contributed by atoms with E-state index in [1.807, 2.05) is 55.5 Å². The number of ketones is 1. The molecule has 0 atom stereocenters. The number of ether oxygens (including phenoxy) is 3. The van der Waals surface area contributed by atoms with Crippen molar-refractivity contribution in [2.45, 2.75) is 19.9 Å². The number of rotatable bonds is 5. The molecule has 0 N–H and O–H groups in total. The summed E-state index contributed by atoms with van der Waals surface area (Å²) in [7, 11) is 1.70. The van der Waals surface area contributed by atoms with E-state index in [4.69, 9.17) is 14.2 Å². The SMILES string of the molecule is COc1ccccc1CCN1COc2c(cc3c(c2C)O/C(=C\c2cccc(Br)c2)C3=O)C1. The number of carbonyl (C=O) groups is 1. The Morgan fingerprint density at radius 1 is 1.12 bits per heavy atom. The number of allylic oxidation sites excluding steroid dienone is 1. The summed E-state index contributed by atoms with van der Waals surface area (Å²) < 4.78 is 18.5. The second-order valence-corrected chi connectivity index (χ2v) is 9.16. The number of fused-ring (bicyclic) bond motifs is 2. The van der Waals surface area contributed by atoms with Crippen LogP contribution in [0.5, 0.6) is 17.2 Å². The summed E-state index contributed by atoms with van der Waals surface area (Å²) in [6.07, 6.45) is 2.64. The van der Waals surface area contributed by atoms with Gasteiger partial charge in [0.25, 0.3) is 0 Å². The summed E-state index contributed by atoms with van der Waals surface area (Å²) in [5, 5.41) is 0. The van der Waals surface area contributed by atoms with E-state index in [1.54, 1.807) is 13.2 Å². The first kappa shape index (κ1) is 21.7. The molecule has 2 heterocycles. The molecular weight excluding hydrogens is 482 g/mol. The zero-order valence-electron chi connectivity index (χ0n) is 18.6. The Morgan fingerprint density at radius 2 is 1.97 bits per heavy atom. The summed E-state index contributed by atoms with van der Waals surface area (Å²) >= 11 is 3.47. The van der Waals surface area contributed by atoms with Gasteiger partial charge in [-0.1, -0.05) is 46.3 Å². The van der Waals surface area contributed by atoms with Crippen molar-refractivity contribution in [3.63, 3.8) is 0 Å². The van der Waals surface area contributed by atoms with Gasteiger partial charge in [-0.2, -0.15) is 0 Å². The van der Waals surface area contributed by atoms with E-state index in [2.05, 4.69) is 26.9 Å². The average Bonchev–Trinajstić information content (AvgIpc) is 3.13. The Kier molecular flexibility index (Phi) is 5.96. The van der Waals surface area contributed by atoms with Crippen molar-refractivity contribution < 1.29 is 19.0 Å². The summed E-state index contributed by atoms with van der Waals surface area (Å²) in [4.78, 5) is 15.3. The van der Waals surface area contributed by atoms with Crippen LogP contribution < -0.4 is 14.2 Å². The van der Waals surface area contributed by atoms with Gasteiger partial charge in [-0.25, -0.2) is 0 Å². The lowest BCUT2D eigenvalue weighted by Crippen LogP contribution is -2.34. The third-order valence-electron chi connectivity index (χ3n) is 6.04. The van der Waals surface area contributed by atoms with Crippen molar-refractivity contribution in [1.82, 2.24) is 4.90 Å². The lowest BCUT2D eigenvalue weighted by atomic mass is 10.00. The highest BCUT2D eigenvalue weighted by Gasteiger charge is 2.33. The lowest BCUT2D eigenvalue weighted by Gasteiger charge is -2.30. The molecule has 5 rings (SSSR count). The fourth-order valence-electron chi connectivity index (χ4n) is 4.38. The fraction of sp³-hybridized carbons (Fsp3) is 0.222. The minimum atomic E-state index is -0.0954. The van der Waals surface area contributed by atoms with Crippen molar-refractivity contribution in [3.8, 4) is 17.2 Å². The summed E-state index contributed by atoms with van der Waals surface area (Å²) in [6.45, 7) is 4.00. The Labute approximate surface area is 201 Å². The maximum absolute atomic E-state index is 13.1. The molecule has 3 aromatic carbocycles. The van der Waals surface area contributed by atoms with E-state index < -0.39 is 0 Å². The molecule has 33 heavy (non-hydrogen) atoms. The molecule has 0 spiro atoms. The third-order valence-corrected chi connectivity index (χ3v) is 6.53. The first-order valence-corrected chi connectivity index (χ1v) is 11.7. The molecule has 6 heteroatoms. The monoisotopic (exact) mass is 505 g/mol. The van der Waals surface area contributed by atoms with Gasteiger partial charge >= 0.3 is 0 Å². The number of nitrogens with zero attached hydrogens (tertiary/aromatic N) is 1. The number of para-hydroxylation sites is 1. The molecule has 2 aliphatic heterocycles. The molecule has 0 bridgehead atoms. The summed E-state index contributed by atoms with van der Waals surface area (Å²) in [5.74, 6) is 2.56. The van der Waals surface area contributed by atoms with Crippen molar-refractivity contribution in [2.75, 3.05) is 20.4 Å². The quantitative estimate of drug-likeness (QED) is 0.411. The molecule has 0 saturated heterocycles. The van der Waals surface area contributed by atoms with Gasteiger partial charge in [-0.15, -0.1) is 0 Å². The molecule has 0 radical (unpaired) electrons. The third kappa shape index (κ3) is 4.28. The molecule has 3 aromatic rings. The number of hydrogen-bond acceptors (Lipinski definition) is 5. The Balaban J connectivity index is 1.36. The topological polar surface area (TPSA) is 48.0 Å². The molecule has 0 unspecified atom stereocenters. The van der Waals surface area contributed by atoms with Gasteiger partial charge in [0.1, 0.15) is 24.0 Å². The molecular formula is C27H24BrNO4. The van der Waals surface area contributed by atoms with Crippen molar-refractivity contribution in [3.05, 3.63) is 92.6 Å². The molecule has 0 amide bonds. The normalized spacial score (nSPS) is 16.2. The average molecular weight is 506 g/mol. The van der Waals surface area contributed by atoms with E-state index in [-0.39, 0.29) is 5.78 Å². The largest absolute Gasteiger partial charge is 0.496 e. The number of methoxy groups -OCH3 is 1. The summed E-state index contributed by atoms with van der Waals surface area (Å²) in [5.41, 5.74) is 4.56. The predicted molar refractivity (Wildman–Crippen MR) is 131 cm³/mol. The van der Waals surface area contributed by atoms with Gasteiger partial charge in [-0.3, -0.25) is 9.69 Å². The minimum absolute atomic E-state index is 0.0954. The first-order chi connectivity index (χ1) is 16.0.